The highest BCUT2D eigenvalue weighted by Crippen LogP contribution is 2.39. The van der Waals surface area contributed by atoms with Gasteiger partial charge in [-0.25, -0.2) is 0 Å². The van der Waals surface area contributed by atoms with E-state index in [4.69, 9.17) is 9.47 Å². The molecule has 0 atom stereocenters. The lowest BCUT2D eigenvalue weighted by molar-refractivity contribution is -0.384. The second kappa shape index (κ2) is 9.96. The Morgan fingerprint density at radius 1 is 1.25 bits per heavy atom. The number of ether oxygens (including phenoxy) is 2. The maximum atomic E-state index is 12.7. The SMILES string of the molecule is CCOc1c(Br)cc(/C=C2/SC(=O)N(CC(=O)c3ccc([N+](=O)[O-])cc3)C2=O)cc1OC. The summed E-state index contributed by atoms with van der Waals surface area (Å²) < 4.78 is 11.5. The van der Waals surface area contributed by atoms with Gasteiger partial charge in [0.2, 0.25) is 0 Å². The first-order chi connectivity index (χ1) is 15.2. The van der Waals surface area contributed by atoms with E-state index in [9.17, 15) is 24.5 Å². The molecule has 1 heterocycles. The quantitative estimate of drug-likeness (QED) is 0.213. The minimum Gasteiger partial charge on any atom is -0.493 e. The predicted octanol–water partition coefficient (Wildman–Crippen LogP) is 4.68. The van der Waals surface area contributed by atoms with Crippen LogP contribution in [-0.4, -0.2) is 47.0 Å². The highest BCUT2D eigenvalue weighted by Gasteiger charge is 2.36. The van der Waals surface area contributed by atoms with E-state index in [0.717, 1.165) is 16.7 Å². The number of benzene rings is 2. The van der Waals surface area contributed by atoms with Gasteiger partial charge >= 0.3 is 0 Å². The van der Waals surface area contributed by atoms with Crippen LogP contribution in [0.25, 0.3) is 6.08 Å². The van der Waals surface area contributed by atoms with Gasteiger partial charge in [0, 0.05) is 17.7 Å². The van der Waals surface area contributed by atoms with Crippen molar-refractivity contribution in [3.8, 4) is 11.5 Å². The fourth-order valence-corrected chi connectivity index (χ4v) is 4.31. The van der Waals surface area contributed by atoms with Crippen molar-refractivity contribution in [1.29, 1.82) is 0 Å². The van der Waals surface area contributed by atoms with Crippen LogP contribution >= 0.6 is 27.7 Å². The average Bonchev–Trinajstić information content (AvgIpc) is 3.02. The number of hydrogen-bond acceptors (Lipinski definition) is 8. The summed E-state index contributed by atoms with van der Waals surface area (Å²) in [6, 6.07) is 8.36. The molecule has 0 bridgehead atoms. The Hall–Kier alpha value is -3.18. The first-order valence-electron chi connectivity index (χ1n) is 9.28. The number of Topliss-reactive ketones (excluding diaryl/α,β-unsaturated/α-hetero) is 1. The predicted molar refractivity (Wildman–Crippen MR) is 122 cm³/mol. The Morgan fingerprint density at radius 3 is 2.53 bits per heavy atom. The zero-order valence-electron chi connectivity index (χ0n) is 17.0. The van der Waals surface area contributed by atoms with Crippen molar-refractivity contribution in [3.63, 3.8) is 0 Å². The summed E-state index contributed by atoms with van der Waals surface area (Å²) in [4.78, 5) is 48.8. The van der Waals surface area contributed by atoms with Crippen molar-refractivity contribution in [1.82, 2.24) is 4.90 Å². The Kier molecular flexibility index (Phi) is 7.31. The minimum absolute atomic E-state index is 0.157. The van der Waals surface area contributed by atoms with E-state index in [1.54, 1.807) is 12.1 Å². The van der Waals surface area contributed by atoms with Gasteiger partial charge in [0.05, 0.1) is 34.6 Å². The lowest BCUT2D eigenvalue weighted by Gasteiger charge is -2.12. The standard InChI is InChI=1S/C21H17BrN2O7S/c1-3-31-19-15(22)8-12(9-17(19)30-2)10-18-20(26)23(21(27)32-18)11-16(25)13-4-6-14(7-5-13)24(28)29/h4-10H,3,11H2,1-2H3/b18-10+. The van der Waals surface area contributed by atoms with E-state index in [-0.39, 0.29) is 16.2 Å². The number of nitro groups is 1. The molecular weight excluding hydrogens is 504 g/mol. The van der Waals surface area contributed by atoms with E-state index in [2.05, 4.69) is 15.9 Å². The highest BCUT2D eigenvalue weighted by molar-refractivity contribution is 9.10. The molecule has 2 aromatic carbocycles. The van der Waals surface area contributed by atoms with Crippen LogP contribution in [0.3, 0.4) is 0 Å². The van der Waals surface area contributed by atoms with Crippen molar-refractivity contribution in [3.05, 3.63) is 67.0 Å². The van der Waals surface area contributed by atoms with Crippen molar-refractivity contribution in [2.45, 2.75) is 6.92 Å². The summed E-state index contributed by atoms with van der Waals surface area (Å²) in [5.41, 5.74) is 0.607. The van der Waals surface area contributed by atoms with Gasteiger partial charge < -0.3 is 9.47 Å². The molecule has 0 spiro atoms. The average molecular weight is 521 g/mol. The Bertz CT molecular complexity index is 1130. The number of halogens is 1. The van der Waals surface area contributed by atoms with E-state index >= 15 is 0 Å². The lowest BCUT2D eigenvalue weighted by Crippen LogP contribution is -2.33. The van der Waals surface area contributed by atoms with Crippen LogP contribution < -0.4 is 9.47 Å². The summed E-state index contributed by atoms with van der Waals surface area (Å²) in [6.45, 7) is 1.82. The van der Waals surface area contributed by atoms with Gasteiger partial charge in [0.25, 0.3) is 16.8 Å². The molecular formula is C21H17BrN2O7S. The zero-order chi connectivity index (χ0) is 23.4. The summed E-state index contributed by atoms with van der Waals surface area (Å²) in [6.07, 6.45) is 1.53. The molecule has 32 heavy (non-hydrogen) atoms. The number of thioether (sulfide) groups is 1. The van der Waals surface area contributed by atoms with Crippen LogP contribution in [0.5, 0.6) is 11.5 Å². The summed E-state index contributed by atoms with van der Waals surface area (Å²) >= 11 is 4.13. The number of nitrogens with zero attached hydrogens (tertiary/aromatic N) is 2. The van der Waals surface area contributed by atoms with Crippen LogP contribution in [0.4, 0.5) is 10.5 Å². The van der Waals surface area contributed by atoms with Crippen molar-refractivity contribution < 1.29 is 28.8 Å². The second-order valence-corrected chi connectivity index (χ2v) is 8.31. The van der Waals surface area contributed by atoms with E-state index < -0.39 is 28.4 Å². The van der Waals surface area contributed by atoms with Crippen LogP contribution in [0.15, 0.2) is 45.8 Å². The molecule has 0 N–H and O–H groups in total. The number of amides is 2. The Morgan fingerprint density at radius 2 is 1.94 bits per heavy atom. The van der Waals surface area contributed by atoms with E-state index in [0.29, 0.717) is 28.1 Å². The van der Waals surface area contributed by atoms with Gasteiger partial charge in [-0.2, -0.15) is 0 Å². The minimum atomic E-state index is -0.598. The third-order valence-corrected chi connectivity index (χ3v) is 5.91. The van der Waals surface area contributed by atoms with Gasteiger partial charge in [0.15, 0.2) is 17.3 Å². The lowest BCUT2D eigenvalue weighted by atomic mass is 10.1. The van der Waals surface area contributed by atoms with Gasteiger partial charge in [0.1, 0.15) is 0 Å². The zero-order valence-corrected chi connectivity index (χ0v) is 19.4. The first kappa shape index (κ1) is 23.5. The monoisotopic (exact) mass is 520 g/mol. The number of carbonyl (C=O) groups is 3. The molecule has 1 saturated heterocycles. The number of carbonyl (C=O) groups excluding carboxylic acids is 3. The first-order valence-corrected chi connectivity index (χ1v) is 10.9. The van der Waals surface area contributed by atoms with Crippen molar-refractivity contribution >= 4 is 56.4 Å². The third kappa shape index (κ3) is 5.00. The number of imide groups is 1. The van der Waals surface area contributed by atoms with Gasteiger partial charge in [-0.05, 0) is 70.5 Å². The van der Waals surface area contributed by atoms with Gasteiger partial charge in [-0.15, -0.1) is 0 Å². The highest BCUT2D eigenvalue weighted by atomic mass is 79.9. The maximum Gasteiger partial charge on any atom is 0.293 e. The Labute approximate surface area is 195 Å². The molecule has 2 amide bonds. The normalized spacial score (nSPS) is 14.7. The molecule has 2 aromatic rings. The molecule has 0 unspecified atom stereocenters. The number of hydrogen-bond donors (Lipinski definition) is 0. The van der Waals surface area contributed by atoms with Crippen LogP contribution in [0.1, 0.15) is 22.8 Å². The van der Waals surface area contributed by atoms with Gasteiger partial charge in [-0.3, -0.25) is 29.4 Å². The smallest absolute Gasteiger partial charge is 0.293 e. The molecule has 3 rings (SSSR count). The number of non-ortho nitro benzene ring substituents is 1. The topological polar surface area (TPSA) is 116 Å². The third-order valence-electron chi connectivity index (χ3n) is 4.41. The van der Waals surface area contributed by atoms with Crippen LogP contribution in [0.2, 0.25) is 0 Å². The van der Waals surface area contributed by atoms with E-state index in [1.807, 2.05) is 6.92 Å². The number of ketones is 1. The molecule has 1 fully saturated rings. The number of rotatable bonds is 8. The van der Waals surface area contributed by atoms with Crippen molar-refractivity contribution in [2.24, 2.45) is 0 Å². The van der Waals surface area contributed by atoms with Crippen LogP contribution in [0, 0.1) is 10.1 Å². The van der Waals surface area contributed by atoms with Crippen molar-refractivity contribution in [2.75, 3.05) is 20.3 Å². The molecule has 166 valence electrons. The molecule has 0 aliphatic carbocycles. The molecule has 1 aliphatic rings. The second-order valence-electron chi connectivity index (χ2n) is 6.46. The van der Waals surface area contributed by atoms with Gasteiger partial charge in [-0.1, -0.05) is 0 Å². The Balaban J connectivity index is 1.79. The summed E-state index contributed by atoms with van der Waals surface area (Å²) in [5.74, 6) is -0.123. The molecule has 9 nitrogen and oxygen atoms in total. The fourth-order valence-electron chi connectivity index (χ4n) is 2.90. The maximum absolute atomic E-state index is 12.7. The molecule has 0 aromatic heterocycles. The van der Waals surface area contributed by atoms with E-state index in [1.165, 1.54) is 37.5 Å². The molecule has 11 heteroatoms. The largest absolute Gasteiger partial charge is 0.493 e. The molecule has 0 saturated carbocycles. The fraction of sp³-hybridized carbons (Fsp3) is 0.190. The number of methoxy groups -OCH3 is 1. The molecule has 1 aliphatic heterocycles. The molecule has 0 radical (unpaired) electrons. The summed E-state index contributed by atoms with van der Waals surface area (Å²) in [5, 5.41) is 10.2. The summed E-state index contributed by atoms with van der Waals surface area (Å²) in [7, 11) is 1.49. The van der Waals surface area contributed by atoms with Crippen LogP contribution in [-0.2, 0) is 4.79 Å². The number of nitro benzene ring substituents is 1.